The van der Waals surface area contributed by atoms with E-state index < -0.39 is 0 Å². The summed E-state index contributed by atoms with van der Waals surface area (Å²) in [7, 11) is 0. The van der Waals surface area contributed by atoms with Gasteiger partial charge in [-0.05, 0) is 270 Å². The van der Waals surface area contributed by atoms with E-state index >= 15 is 0 Å². The molecule has 0 heterocycles. The highest BCUT2D eigenvalue weighted by atomic mass is 79.9. The van der Waals surface area contributed by atoms with Gasteiger partial charge < -0.3 is 0 Å². The van der Waals surface area contributed by atoms with Crippen LogP contribution in [0.3, 0.4) is 0 Å². The van der Waals surface area contributed by atoms with Crippen molar-refractivity contribution in [1.82, 2.24) is 0 Å². The number of allylic oxidation sites excluding steroid dienone is 5. The van der Waals surface area contributed by atoms with Crippen LogP contribution in [0.15, 0.2) is 176 Å². The maximum absolute atomic E-state index is 4.57. The van der Waals surface area contributed by atoms with Crippen LogP contribution in [0.1, 0.15) is 24.5 Å². The molecule has 0 fully saturated rings. The van der Waals surface area contributed by atoms with Gasteiger partial charge >= 0.3 is 0 Å². The van der Waals surface area contributed by atoms with Crippen molar-refractivity contribution in [2.24, 2.45) is 0 Å². The Balaban J connectivity index is 1.61. The Labute approximate surface area is 387 Å². The van der Waals surface area contributed by atoms with E-state index in [0.717, 1.165) is 39.5 Å². The smallest absolute Gasteiger partial charge is 0.0688 e. The molecule has 0 amide bonds. The van der Waals surface area contributed by atoms with E-state index in [-0.39, 0.29) is 0 Å². The topological polar surface area (TPSA) is 0 Å². The van der Waals surface area contributed by atoms with Crippen LogP contribution in [0, 0.1) is 17.4 Å². The lowest BCUT2D eigenvalue weighted by atomic mass is 9.87. The number of hydrogen-bond acceptors (Lipinski definition) is 0. The summed E-state index contributed by atoms with van der Waals surface area (Å²) >= 11 is 15.9. The highest BCUT2D eigenvalue weighted by Gasteiger charge is 2.18. The van der Waals surface area contributed by atoms with E-state index in [2.05, 4.69) is 235 Å². The maximum atomic E-state index is 4.57. The van der Waals surface area contributed by atoms with E-state index in [9.17, 15) is 0 Å². The second-order valence-corrected chi connectivity index (χ2v) is 21.2. The van der Waals surface area contributed by atoms with E-state index in [0.29, 0.717) is 6.42 Å². The highest BCUT2D eigenvalue weighted by molar-refractivity contribution is 9.34. The summed E-state index contributed by atoms with van der Waals surface area (Å²) in [6.07, 6.45) is 9.19. The minimum atomic E-state index is 0.673. The van der Waals surface area contributed by atoms with Crippen molar-refractivity contribution in [3.05, 3.63) is 208 Å². The zero-order valence-corrected chi connectivity index (χ0v) is 40.0. The third-order valence-electron chi connectivity index (χ3n) is 12.3. The minimum absolute atomic E-state index is 0.673. The predicted molar refractivity (Wildman–Crippen MR) is 284 cm³/mol. The van der Waals surface area contributed by atoms with Gasteiger partial charge in [-0.1, -0.05) is 97.6 Å². The third kappa shape index (κ3) is 6.84. The monoisotopic (exact) mass is 1040 g/mol. The fourth-order valence-corrected chi connectivity index (χ4v) is 11.4. The largest absolute Gasteiger partial charge is 0.103 e. The average Bonchev–Trinajstić information content (AvgIpc) is 3.25. The fraction of sp³-hybridized carbons (Fsp3) is 0.0526. The Bertz CT molecular complexity index is 3880. The van der Waals surface area contributed by atoms with Gasteiger partial charge in [-0.25, -0.2) is 0 Å². The number of fused-ring (bicyclic) bond motifs is 8. The van der Waals surface area contributed by atoms with Crippen molar-refractivity contribution in [1.29, 1.82) is 0 Å². The van der Waals surface area contributed by atoms with Gasteiger partial charge in [0.1, 0.15) is 0 Å². The molecule has 10 aromatic rings. The maximum Gasteiger partial charge on any atom is 0.0688 e. The molecule has 0 saturated carbocycles. The molecule has 0 saturated heterocycles. The summed E-state index contributed by atoms with van der Waals surface area (Å²) in [4.78, 5) is 0. The molecule has 0 N–H and O–H groups in total. The molecule has 10 rings (SSSR count). The lowest BCUT2D eigenvalue weighted by Gasteiger charge is -2.17. The summed E-state index contributed by atoms with van der Waals surface area (Å²) in [5.74, 6) is 0. The Morgan fingerprint density at radius 2 is 0.852 bits per heavy atom. The number of hydrogen-bond donors (Lipinski definition) is 0. The first-order valence-electron chi connectivity index (χ1n) is 20.3. The van der Waals surface area contributed by atoms with Crippen LogP contribution in [-0.2, 0) is 0 Å². The molecule has 10 aromatic carbocycles. The number of rotatable bonds is 5. The molecule has 0 aromatic heterocycles. The van der Waals surface area contributed by atoms with Gasteiger partial charge in [-0.3, -0.25) is 0 Å². The van der Waals surface area contributed by atoms with E-state index in [1.807, 2.05) is 13.0 Å². The standard InChI is InChI=1S/C57H38Br4/c1-5-13-32(3)34(14-6-2)25-45-33(4)52(56(58)59)46-28-41-21-35-15-7-8-16-36(35)22-42(41)29-48(46)53(45)54-47-26-39-19-11-12-20-40(39)27-50(47)55(57(60)61)51-31-44-24-38-18-10-9-17-37(38)23-43(44)30-49(51)54/h5-13,15-31H,2-3,14H2,1,4H3/b13-5-,34-25-,54-53+. The van der Waals surface area contributed by atoms with Crippen LogP contribution in [0.25, 0.3) is 99.0 Å². The van der Waals surface area contributed by atoms with Gasteiger partial charge in [-0.2, -0.15) is 0 Å². The highest BCUT2D eigenvalue weighted by Crippen LogP contribution is 2.37. The van der Waals surface area contributed by atoms with Gasteiger partial charge in [0.15, 0.2) is 0 Å². The lowest BCUT2D eigenvalue weighted by molar-refractivity contribution is 1.26. The summed E-state index contributed by atoms with van der Waals surface area (Å²) in [6.45, 7) is 13.1. The van der Waals surface area contributed by atoms with Crippen molar-refractivity contribution in [3.8, 4) is 0 Å². The Hall–Kier alpha value is -5.10. The second kappa shape index (κ2) is 16.0. The van der Waals surface area contributed by atoms with Crippen LogP contribution >= 0.6 is 63.7 Å². The van der Waals surface area contributed by atoms with Crippen molar-refractivity contribution in [2.45, 2.75) is 20.3 Å². The van der Waals surface area contributed by atoms with Crippen LogP contribution in [0.2, 0.25) is 0 Å². The van der Waals surface area contributed by atoms with Gasteiger partial charge in [0.25, 0.3) is 0 Å². The zero-order valence-electron chi connectivity index (χ0n) is 33.6. The van der Waals surface area contributed by atoms with E-state index in [1.54, 1.807) is 0 Å². The minimum Gasteiger partial charge on any atom is -0.103 e. The van der Waals surface area contributed by atoms with Gasteiger partial charge in [0.2, 0.25) is 0 Å². The van der Waals surface area contributed by atoms with Gasteiger partial charge in [-0.15, -0.1) is 6.58 Å². The Morgan fingerprint density at radius 3 is 1.26 bits per heavy atom. The van der Waals surface area contributed by atoms with Crippen LogP contribution in [0.5, 0.6) is 0 Å². The SMILES string of the molecule is C=CC/C(=C/c1c(C)c(=C(Br)Br)c2cc3cc4ccccc4cc3cc2/c1=c1\c2cc3ccccc3cc2c(=C(Br)Br)c2cc3cc4ccccc4cc3cc12)C(=C)/C=C\C. The molecule has 0 nitrogen and oxygen atoms in total. The van der Waals surface area contributed by atoms with Crippen LogP contribution in [0.4, 0.5) is 0 Å². The summed E-state index contributed by atoms with van der Waals surface area (Å²) < 4.78 is 1.83. The summed E-state index contributed by atoms with van der Waals surface area (Å²) in [5.41, 5.74) is 4.38. The van der Waals surface area contributed by atoms with Gasteiger partial charge in [0, 0.05) is 10.4 Å². The molecule has 294 valence electrons. The Kier molecular flexibility index (Phi) is 10.5. The van der Waals surface area contributed by atoms with Crippen LogP contribution in [-0.4, -0.2) is 0 Å². The zero-order chi connectivity index (χ0) is 42.1. The summed E-state index contributed by atoms with van der Waals surface area (Å²) in [6, 6.07) is 49.8. The van der Waals surface area contributed by atoms with E-state index in [4.69, 9.17) is 0 Å². The molecule has 0 aliphatic heterocycles. The molecule has 0 radical (unpaired) electrons. The number of halogens is 4. The van der Waals surface area contributed by atoms with Crippen molar-refractivity contribution >= 4 is 163 Å². The number of benzene rings is 10. The van der Waals surface area contributed by atoms with E-state index in [1.165, 1.54) is 96.6 Å². The average molecular weight is 1040 g/mol. The molecule has 0 atom stereocenters. The second-order valence-electron chi connectivity index (χ2n) is 15.9. The molecule has 0 spiro atoms. The Morgan fingerprint density at radius 1 is 0.492 bits per heavy atom. The molecule has 61 heavy (non-hydrogen) atoms. The van der Waals surface area contributed by atoms with Crippen molar-refractivity contribution < 1.29 is 0 Å². The molecule has 0 bridgehead atoms. The van der Waals surface area contributed by atoms with Gasteiger partial charge in [0.05, 0.1) is 6.78 Å². The first kappa shape index (κ1) is 40.0. The molecule has 4 heteroatoms. The third-order valence-corrected chi connectivity index (χ3v) is 13.9. The molecule has 0 aliphatic rings. The lowest BCUT2D eigenvalue weighted by Crippen LogP contribution is -2.13. The molecular weight excluding hydrogens is 1000 g/mol. The van der Waals surface area contributed by atoms with Crippen LogP contribution < -0.4 is 10.4 Å². The normalized spacial score (nSPS) is 12.9. The molecule has 0 aliphatic carbocycles. The quantitative estimate of drug-likeness (QED) is 0.0915. The fourth-order valence-electron chi connectivity index (χ4n) is 9.51. The van der Waals surface area contributed by atoms with Crippen molar-refractivity contribution in [2.75, 3.05) is 0 Å². The predicted octanol–water partition coefficient (Wildman–Crippen LogP) is 17.3. The summed E-state index contributed by atoms with van der Waals surface area (Å²) in [5, 5.41) is 23.7. The first-order chi connectivity index (χ1) is 29.6. The molecule has 0 unspecified atom stereocenters. The first-order valence-corrected chi connectivity index (χ1v) is 23.5. The molecular formula is C57H38Br4. The van der Waals surface area contributed by atoms with Crippen molar-refractivity contribution in [3.63, 3.8) is 0 Å².